The molecule has 1 saturated carbocycles. The van der Waals surface area contributed by atoms with Crippen LogP contribution in [-0.4, -0.2) is 13.1 Å². The van der Waals surface area contributed by atoms with E-state index in [1.165, 1.54) is 25.7 Å². The van der Waals surface area contributed by atoms with E-state index in [4.69, 9.17) is 5.26 Å². The van der Waals surface area contributed by atoms with Crippen LogP contribution in [0.15, 0.2) is 0 Å². The Balaban J connectivity index is 2.12. The highest BCUT2D eigenvalue weighted by atomic mass is 14.9. The molecule has 0 bridgehead atoms. The third-order valence-corrected chi connectivity index (χ3v) is 3.50. The van der Waals surface area contributed by atoms with Gasteiger partial charge in [0, 0.05) is 13.0 Å². The highest BCUT2D eigenvalue weighted by Gasteiger charge is 2.41. The van der Waals surface area contributed by atoms with Gasteiger partial charge in [0.2, 0.25) is 0 Å². The van der Waals surface area contributed by atoms with Crippen molar-refractivity contribution in [2.75, 3.05) is 13.1 Å². The molecule has 14 heavy (non-hydrogen) atoms. The first kappa shape index (κ1) is 11.5. The minimum Gasteiger partial charge on any atom is -0.316 e. The largest absolute Gasteiger partial charge is 0.316 e. The third kappa shape index (κ3) is 3.31. The summed E-state index contributed by atoms with van der Waals surface area (Å²) in [7, 11) is 0. The number of nitriles is 1. The van der Waals surface area contributed by atoms with E-state index < -0.39 is 0 Å². The average molecular weight is 194 g/mol. The summed E-state index contributed by atoms with van der Waals surface area (Å²) in [6.07, 6.45) is 5.75. The molecule has 1 N–H and O–H groups in total. The average Bonchev–Trinajstić information content (AvgIpc) is 2.94. The minimum atomic E-state index is 0.362. The summed E-state index contributed by atoms with van der Waals surface area (Å²) < 4.78 is 0. The van der Waals surface area contributed by atoms with Crippen LogP contribution in [0.5, 0.6) is 0 Å². The first-order chi connectivity index (χ1) is 6.76. The van der Waals surface area contributed by atoms with E-state index in [0.717, 1.165) is 25.4 Å². The summed E-state index contributed by atoms with van der Waals surface area (Å²) in [5, 5.41) is 12.2. The van der Waals surface area contributed by atoms with Gasteiger partial charge in [-0.25, -0.2) is 0 Å². The van der Waals surface area contributed by atoms with Crippen LogP contribution in [0.2, 0.25) is 0 Å². The Bertz CT molecular complexity index is 197. The lowest BCUT2D eigenvalue weighted by atomic mass is 10.0. The maximum Gasteiger partial charge on any atom is 0.0628 e. The van der Waals surface area contributed by atoms with Gasteiger partial charge in [-0.2, -0.15) is 5.26 Å². The summed E-state index contributed by atoms with van der Waals surface area (Å²) in [6.45, 7) is 6.67. The van der Waals surface area contributed by atoms with Crippen molar-refractivity contribution in [3.05, 3.63) is 0 Å². The van der Waals surface area contributed by atoms with Crippen LogP contribution >= 0.6 is 0 Å². The van der Waals surface area contributed by atoms with Crippen LogP contribution in [-0.2, 0) is 0 Å². The van der Waals surface area contributed by atoms with Crippen molar-refractivity contribution in [1.29, 1.82) is 5.26 Å². The quantitative estimate of drug-likeness (QED) is 0.676. The zero-order chi connectivity index (χ0) is 10.4. The molecule has 0 aromatic rings. The van der Waals surface area contributed by atoms with E-state index in [9.17, 15) is 0 Å². The molecule has 1 fully saturated rings. The van der Waals surface area contributed by atoms with E-state index in [0.29, 0.717) is 5.41 Å². The van der Waals surface area contributed by atoms with Gasteiger partial charge in [-0.05, 0) is 30.7 Å². The van der Waals surface area contributed by atoms with Crippen molar-refractivity contribution in [3.8, 4) is 6.07 Å². The second kappa shape index (κ2) is 5.36. The SMILES string of the molecule is CCC(CC)CNCC1(CC#N)CC1. The molecule has 1 rings (SSSR count). The summed E-state index contributed by atoms with van der Waals surface area (Å²) in [6, 6.07) is 2.30. The Morgan fingerprint density at radius 3 is 2.43 bits per heavy atom. The Hall–Kier alpha value is -0.550. The first-order valence-electron chi connectivity index (χ1n) is 5.84. The number of nitrogens with zero attached hydrogens (tertiary/aromatic N) is 1. The highest BCUT2D eigenvalue weighted by molar-refractivity contribution is 5.00. The maximum atomic E-state index is 8.66. The summed E-state index contributed by atoms with van der Waals surface area (Å²) >= 11 is 0. The van der Waals surface area contributed by atoms with Gasteiger partial charge in [-0.1, -0.05) is 26.7 Å². The van der Waals surface area contributed by atoms with Crippen LogP contribution in [0.3, 0.4) is 0 Å². The number of rotatable bonds is 7. The van der Waals surface area contributed by atoms with E-state index >= 15 is 0 Å². The molecule has 1 aliphatic rings. The minimum absolute atomic E-state index is 0.362. The molecule has 2 heteroatoms. The Morgan fingerprint density at radius 2 is 2.00 bits per heavy atom. The lowest BCUT2D eigenvalue weighted by Crippen LogP contribution is -2.28. The van der Waals surface area contributed by atoms with E-state index in [1.807, 2.05) is 0 Å². The predicted molar refractivity (Wildman–Crippen MR) is 58.8 cm³/mol. The molecule has 0 amide bonds. The van der Waals surface area contributed by atoms with Crippen molar-refractivity contribution in [3.63, 3.8) is 0 Å². The Morgan fingerprint density at radius 1 is 1.36 bits per heavy atom. The molecule has 0 unspecified atom stereocenters. The van der Waals surface area contributed by atoms with Gasteiger partial charge in [0.15, 0.2) is 0 Å². The predicted octanol–water partition coefficient (Wildman–Crippen LogP) is 2.71. The topological polar surface area (TPSA) is 35.8 Å². The van der Waals surface area contributed by atoms with E-state index in [1.54, 1.807) is 0 Å². The van der Waals surface area contributed by atoms with E-state index in [2.05, 4.69) is 25.2 Å². The van der Waals surface area contributed by atoms with Gasteiger partial charge >= 0.3 is 0 Å². The molecule has 2 nitrogen and oxygen atoms in total. The van der Waals surface area contributed by atoms with Crippen LogP contribution in [0, 0.1) is 22.7 Å². The summed E-state index contributed by atoms with van der Waals surface area (Å²) in [4.78, 5) is 0. The molecule has 1 aliphatic carbocycles. The molecule has 0 aromatic heterocycles. The molecular formula is C12H22N2. The number of hydrogen-bond donors (Lipinski definition) is 1. The van der Waals surface area contributed by atoms with Gasteiger partial charge in [-0.3, -0.25) is 0 Å². The van der Waals surface area contributed by atoms with Crippen molar-refractivity contribution in [2.45, 2.75) is 46.0 Å². The molecule has 0 aliphatic heterocycles. The fraction of sp³-hybridized carbons (Fsp3) is 0.917. The molecule has 0 atom stereocenters. The lowest BCUT2D eigenvalue weighted by molar-refractivity contribution is 0.401. The van der Waals surface area contributed by atoms with E-state index in [-0.39, 0.29) is 0 Å². The van der Waals surface area contributed by atoms with Crippen molar-refractivity contribution in [2.24, 2.45) is 11.3 Å². The summed E-state index contributed by atoms with van der Waals surface area (Å²) in [5.74, 6) is 0.813. The first-order valence-corrected chi connectivity index (χ1v) is 5.84. The van der Waals surface area contributed by atoms with Crippen molar-refractivity contribution >= 4 is 0 Å². The van der Waals surface area contributed by atoms with Crippen LogP contribution in [0.4, 0.5) is 0 Å². The van der Waals surface area contributed by atoms with Gasteiger partial charge in [0.25, 0.3) is 0 Å². The normalized spacial score (nSPS) is 18.1. The molecule has 0 heterocycles. The van der Waals surface area contributed by atoms with Crippen LogP contribution < -0.4 is 5.32 Å². The fourth-order valence-electron chi connectivity index (χ4n) is 1.88. The smallest absolute Gasteiger partial charge is 0.0628 e. The monoisotopic (exact) mass is 194 g/mol. The van der Waals surface area contributed by atoms with Crippen LogP contribution in [0.25, 0.3) is 0 Å². The molecule has 0 aromatic carbocycles. The lowest BCUT2D eigenvalue weighted by Gasteiger charge is -2.16. The standard InChI is InChI=1S/C12H22N2/c1-3-11(4-2)9-14-10-12(5-6-12)7-8-13/h11,14H,3-7,9-10H2,1-2H3. The fourth-order valence-corrected chi connectivity index (χ4v) is 1.88. The maximum absolute atomic E-state index is 8.66. The molecule has 0 radical (unpaired) electrons. The molecule has 0 saturated heterocycles. The highest BCUT2D eigenvalue weighted by Crippen LogP contribution is 2.47. The molecule has 0 spiro atoms. The zero-order valence-corrected chi connectivity index (χ0v) is 9.47. The zero-order valence-electron chi connectivity index (χ0n) is 9.47. The Labute approximate surface area is 87.7 Å². The Kier molecular flexibility index (Phi) is 4.41. The van der Waals surface area contributed by atoms with Crippen LogP contribution in [0.1, 0.15) is 46.0 Å². The summed E-state index contributed by atoms with van der Waals surface area (Å²) in [5.41, 5.74) is 0.362. The van der Waals surface area contributed by atoms with Gasteiger partial charge in [0.05, 0.1) is 6.07 Å². The van der Waals surface area contributed by atoms with Crippen molar-refractivity contribution < 1.29 is 0 Å². The number of nitrogens with one attached hydrogen (secondary N) is 1. The van der Waals surface area contributed by atoms with Gasteiger partial charge < -0.3 is 5.32 Å². The third-order valence-electron chi connectivity index (χ3n) is 3.50. The molecule has 80 valence electrons. The second-order valence-electron chi connectivity index (χ2n) is 4.65. The van der Waals surface area contributed by atoms with Crippen molar-refractivity contribution in [1.82, 2.24) is 5.32 Å². The molecular weight excluding hydrogens is 172 g/mol. The van der Waals surface area contributed by atoms with Gasteiger partial charge in [0.1, 0.15) is 0 Å². The number of hydrogen-bond acceptors (Lipinski definition) is 2. The van der Waals surface area contributed by atoms with Gasteiger partial charge in [-0.15, -0.1) is 0 Å². The second-order valence-corrected chi connectivity index (χ2v) is 4.65.